The Morgan fingerprint density at radius 1 is 1.20 bits per heavy atom. The lowest BCUT2D eigenvalue weighted by Gasteiger charge is -2.32. The van der Waals surface area contributed by atoms with Crippen LogP contribution < -0.4 is 10.4 Å². The van der Waals surface area contributed by atoms with Gasteiger partial charge in [-0.3, -0.25) is 4.79 Å². The second kappa shape index (κ2) is 8.04. The largest absolute Gasteiger partial charge is 0.496 e. The molecular weight excluding hydrogens is 388 g/mol. The molecule has 0 aliphatic carbocycles. The molecule has 1 unspecified atom stereocenters. The summed E-state index contributed by atoms with van der Waals surface area (Å²) in [7, 11) is 1.51. The molecule has 3 atom stereocenters. The van der Waals surface area contributed by atoms with E-state index in [2.05, 4.69) is 0 Å². The van der Waals surface area contributed by atoms with Crippen molar-refractivity contribution in [1.82, 2.24) is 0 Å². The highest BCUT2D eigenvalue weighted by Gasteiger charge is 2.53. The number of methoxy groups -OCH3 is 1. The predicted molar refractivity (Wildman–Crippen MR) is 111 cm³/mol. The van der Waals surface area contributed by atoms with Crippen molar-refractivity contribution in [2.45, 2.75) is 71.6 Å². The van der Waals surface area contributed by atoms with E-state index in [1.165, 1.54) is 13.2 Å². The van der Waals surface area contributed by atoms with Crippen molar-refractivity contribution in [2.75, 3.05) is 7.11 Å². The number of hydrogen-bond acceptors (Lipinski definition) is 7. The van der Waals surface area contributed by atoms with Crippen LogP contribution in [0.25, 0.3) is 11.0 Å². The van der Waals surface area contributed by atoms with Gasteiger partial charge in [-0.2, -0.15) is 0 Å². The van der Waals surface area contributed by atoms with Crippen LogP contribution in [0.1, 0.15) is 59.6 Å². The third kappa shape index (κ3) is 4.37. The maximum absolute atomic E-state index is 12.8. The van der Waals surface area contributed by atoms with Gasteiger partial charge in [-0.15, -0.1) is 0 Å². The molecule has 1 saturated heterocycles. The minimum Gasteiger partial charge on any atom is -0.496 e. The quantitative estimate of drug-likeness (QED) is 0.509. The number of rotatable bonds is 6. The van der Waals surface area contributed by atoms with Gasteiger partial charge in [-0.1, -0.05) is 13.8 Å². The first-order valence-corrected chi connectivity index (χ1v) is 10.2. The molecule has 164 valence electrons. The summed E-state index contributed by atoms with van der Waals surface area (Å²) in [5.74, 6) is -1.00. The number of carbonyl (C=O) groups is 1. The standard InChI is InChI=1S/C23H30O7/c1-8-13(2)21(25)28-19(20-22(3,4)30-23(5,6)29-20)15-11-14-9-10-18(24)27-16(14)12-17(15)26-7/h9-13,19-20H,8H2,1-7H3/t13?,19-,20-/m1/s1. The summed E-state index contributed by atoms with van der Waals surface area (Å²) < 4.78 is 29.1. The highest BCUT2D eigenvalue weighted by molar-refractivity contribution is 5.80. The van der Waals surface area contributed by atoms with Crippen molar-refractivity contribution in [3.05, 3.63) is 40.2 Å². The molecule has 3 rings (SSSR count). The molecule has 0 spiro atoms. The van der Waals surface area contributed by atoms with E-state index in [0.29, 0.717) is 28.7 Å². The molecule has 1 fully saturated rings. The van der Waals surface area contributed by atoms with Crippen molar-refractivity contribution in [3.63, 3.8) is 0 Å². The first-order valence-electron chi connectivity index (χ1n) is 10.2. The number of fused-ring (bicyclic) bond motifs is 1. The Morgan fingerprint density at radius 2 is 1.90 bits per heavy atom. The molecule has 0 amide bonds. The number of ether oxygens (including phenoxy) is 4. The molecule has 0 saturated carbocycles. The van der Waals surface area contributed by atoms with Gasteiger partial charge < -0.3 is 23.4 Å². The van der Waals surface area contributed by atoms with Crippen LogP contribution in [0.5, 0.6) is 5.75 Å². The smallest absolute Gasteiger partial charge is 0.336 e. The highest BCUT2D eigenvalue weighted by Crippen LogP contribution is 2.46. The summed E-state index contributed by atoms with van der Waals surface area (Å²) in [6.07, 6.45) is -0.709. The molecule has 1 aliphatic heterocycles. The van der Waals surface area contributed by atoms with Crippen LogP contribution in [0.2, 0.25) is 0 Å². The Balaban J connectivity index is 2.15. The Kier molecular flexibility index (Phi) is 5.98. The summed E-state index contributed by atoms with van der Waals surface area (Å²) in [6.45, 7) is 11.2. The fourth-order valence-electron chi connectivity index (χ4n) is 3.80. The van der Waals surface area contributed by atoms with E-state index in [0.717, 1.165) is 0 Å². The van der Waals surface area contributed by atoms with Crippen LogP contribution in [0.4, 0.5) is 0 Å². The van der Waals surface area contributed by atoms with Crippen molar-refractivity contribution in [1.29, 1.82) is 0 Å². The van der Waals surface area contributed by atoms with Crippen molar-refractivity contribution in [3.8, 4) is 5.75 Å². The number of carbonyl (C=O) groups excluding carboxylic acids is 1. The van der Waals surface area contributed by atoms with E-state index in [1.807, 2.05) is 41.5 Å². The minimum absolute atomic E-state index is 0.268. The normalized spacial score (nSPS) is 21.9. The van der Waals surface area contributed by atoms with Gasteiger partial charge >= 0.3 is 11.6 Å². The van der Waals surface area contributed by atoms with E-state index in [4.69, 9.17) is 23.4 Å². The molecule has 2 heterocycles. The zero-order chi connectivity index (χ0) is 22.3. The third-order valence-corrected chi connectivity index (χ3v) is 5.42. The summed E-state index contributed by atoms with van der Waals surface area (Å²) in [4.78, 5) is 24.4. The average molecular weight is 418 g/mol. The SMILES string of the molecule is CCC(C)C(=O)O[C@H](c1cc2ccc(=O)oc2cc1OC)[C@H]1OC(C)(C)OC1(C)C. The molecule has 0 N–H and O–H groups in total. The van der Waals surface area contributed by atoms with Crippen LogP contribution in [0.3, 0.4) is 0 Å². The highest BCUT2D eigenvalue weighted by atomic mass is 16.8. The van der Waals surface area contributed by atoms with Crippen molar-refractivity contribution < 1.29 is 28.2 Å². The zero-order valence-corrected chi connectivity index (χ0v) is 18.6. The fourth-order valence-corrected chi connectivity index (χ4v) is 3.80. The van der Waals surface area contributed by atoms with Crippen LogP contribution in [0, 0.1) is 5.92 Å². The third-order valence-electron chi connectivity index (χ3n) is 5.42. The molecule has 30 heavy (non-hydrogen) atoms. The lowest BCUT2D eigenvalue weighted by atomic mass is 9.91. The fraction of sp³-hybridized carbons (Fsp3) is 0.565. The second-order valence-electron chi connectivity index (χ2n) is 8.70. The summed E-state index contributed by atoms with van der Waals surface area (Å²) in [6, 6.07) is 6.44. The first-order chi connectivity index (χ1) is 14.0. The molecule has 7 nitrogen and oxygen atoms in total. The monoisotopic (exact) mass is 418 g/mol. The molecule has 1 aromatic heterocycles. The number of esters is 1. The number of hydrogen-bond donors (Lipinski definition) is 0. The maximum atomic E-state index is 12.8. The van der Waals surface area contributed by atoms with Gasteiger partial charge in [0, 0.05) is 23.1 Å². The van der Waals surface area contributed by atoms with Crippen LogP contribution in [0.15, 0.2) is 33.5 Å². The van der Waals surface area contributed by atoms with Gasteiger partial charge in [0.05, 0.1) is 18.6 Å². The second-order valence-corrected chi connectivity index (χ2v) is 8.70. The summed E-state index contributed by atoms with van der Waals surface area (Å²) in [5.41, 5.74) is -0.173. The first kappa shape index (κ1) is 22.3. The molecule has 1 aromatic carbocycles. The Morgan fingerprint density at radius 3 is 2.47 bits per heavy atom. The lowest BCUT2D eigenvalue weighted by molar-refractivity contribution is -0.175. The predicted octanol–water partition coefficient (Wildman–Crippen LogP) is 4.36. The molecule has 0 radical (unpaired) electrons. The Hall–Kier alpha value is -2.38. The van der Waals surface area contributed by atoms with Gasteiger partial charge in [0.2, 0.25) is 0 Å². The van der Waals surface area contributed by atoms with E-state index in [9.17, 15) is 9.59 Å². The molecular formula is C23H30O7. The zero-order valence-electron chi connectivity index (χ0n) is 18.6. The van der Waals surface area contributed by atoms with E-state index < -0.39 is 29.2 Å². The molecule has 1 aliphatic rings. The van der Waals surface area contributed by atoms with Gasteiger partial charge in [0.15, 0.2) is 11.9 Å². The Bertz CT molecular complexity index is 989. The van der Waals surface area contributed by atoms with Crippen LogP contribution >= 0.6 is 0 Å². The van der Waals surface area contributed by atoms with Gasteiger partial charge in [0.25, 0.3) is 0 Å². The topological polar surface area (TPSA) is 84.2 Å². The van der Waals surface area contributed by atoms with Crippen molar-refractivity contribution in [2.24, 2.45) is 5.92 Å². The summed E-state index contributed by atoms with van der Waals surface area (Å²) in [5, 5.41) is 0.686. The molecule has 0 bridgehead atoms. The van der Waals surface area contributed by atoms with Gasteiger partial charge in [-0.25, -0.2) is 4.79 Å². The van der Waals surface area contributed by atoms with Crippen LogP contribution in [-0.2, 0) is 19.0 Å². The van der Waals surface area contributed by atoms with E-state index in [1.54, 1.807) is 18.2 Å². The number of benzene rings is 1. The van der Waals surface area contributed by atoms with Crippen molar-refractivity contribution >= 4 is 16.9 Å². The maximum Gasteiger partial charge on any atom is 0.336 e. The average Bonchev–Trinajstić information content (AvgIpc) is 2.90. The lowest BCUT2D eigenvalue weighted by Crippen LogP contribution is -2.40. The minimum atomic E-state index is -0.841. The van der Waals surface area contributed by atoms with E-state index in [-0.39, 0.29) is 11.9 Å². The van der Waals surface area contributed by atoms with Gasteiger partial charge in [0.1, 0.15) is 17.4 Å². The van der Waals surface area contributed by atoms with Gasteiger partial charge in [-0.05, 0) is 46.2 Å². The van der Waals surface area contributed by atoms with E-state index >= 15 is 0 Å². The summed E-state index contributed by atoms with van der Waals surface area (Å²) >= 11 is 0. The molecule has 2 aromatic rings. The molecule has 7 heteroatoms. The van der Waals surface area contributed by atoms with Crippen LogP contribution in [-0.4, -0.2) is 30.6 Å². The Labute approximate surface area is 176 Å².